The maximum absolute atomic E-state index is 12.4. The first kappa shape index (κ1) is 14.8. The maximum Gasteiger partial charge on any atom is 0.307 e. The van der Waals surface area contributed by atoms with Crippen LogP contribution in [0.15, 0.2) is 6.07 Å². The number of ketones is 1. The topological polar surface area (TPSA) is 62.5 Å². The fraction of sp³-hybridized carbons (Fsp3) is 0.600. The number of nitrogens with zero attached hydrogens (tertiary/aromatic N) is 2. The summed E-state index contributed by atoms with van der Waals surface area (Å²) in [5.41, 5.74) is 2.79. The molecule has 5 heteroatoms. The third kappa shape index (κ3) is 2.93. The normalized spacial score (nSPS) is 20.1. The summed E-state index contributed by atoms with van der Waals surface area (Å²) < 4.78 is 2.00. The zero-order chi connectivity index (χ0) is 14.9. The molecule has 0 radical (unpaired) electrons. The maximum atomic E-state index is 12.4. The molecule has 5 nitrogen and oxygen atoms in total. The van der Waals surface area contributed by atoms with Crippen LogP contribution in [0.25, 0.3) is 0 Å². The number of rotatable bonds is 4. The van der Waals surface area contributed by atoms with Gasteiger partial charge in [0.1, 0.15) is 0 Å². The van der Waals surface area contributed by atoms with Gasteiger partial charge in [0.25, 0.3) is 0 Å². The van der Waals surface area contributed by atoms with Gasteiger partial charge < -0.3 is 9.67 Å². The zero-order valence-electron chi connectivity index (χ0n) is 12.3. The van der Waals surface area contributed by atoms with Crippen molar-refractivity contribution in [2.45, 2.75) is 26.7 Å². The molecule has 20 heavy (non-hydrogen) atoms. The zero-order valence-corrected chi connectivity index (χ0v) is 12.3. The van der Waals surface area contributed by atoms with Gasteiger partial charge in [0, 0.05) is 30.5 Å². The molecule has 1 atom stereocenters. The summed E-state index contributed by atoms with van der Waals surface area (Å²) >= 11 is 0. The van der Waals surface area contributed by atoms with Crippen molar-refractivity contribution in [3.8, 4) is 0 Å². The molecule has 0 amide bonds. The van der Waals surface area contributed by atoms with E-state index in [1.165, 1.54) is 0 Å². The SMILES string of the molecule is Cc1cc(C(=O)CN2CCCC(C(=O)O)C2)c(C)n1C. The van der Waals surface area contributed by atoms with Crippen molar-refractivity contribution in [3.63, 3.8) is 0 Å². The third-order valence-electron chi connectivity index (χ3n) is 4.30. The van der Waals surface area contributed by atoms with Crippen molar-refractivity contribution < 1.29 is 14.7 Å². The molecular weight excluding hydrogens is 256 g/mol. The van der Waals surface area contributed by atoms with Crippen LogP contribution in [0.4, 0.5) is 0 Å². The highest BCUT2D eigenvalue weighted by atomic mass is 16.4. The predicted molar refractivity (Wildman–Crippen MR) is 76.0 cm³/mol. The first-order valence-corrected chi connectivity index (χ1v) is 7.01. The van der Waals surface area contributed by atoms with Gasteiger partial charge in [0.15, 0.2) is 5.78 Å². The standard InChI is InChI=1S/C15H22N2O3/c1-10-7-13(11(2)16(10)3)14(18)9-17-6-4-5-12(8-17)15(19)20/h7,12H,4-6,8-9H2,1-3H3,(H,19,20). The minimum Gasteiger partial charge on any atom is -0.481 e. The minimum atomic E-state index is -0.756. The second-order valence-corrected chi connectivity index (χ2v) is 5.68. The molecule has 1 aliphatic rings. The van der Waals surface area contributed by atoms with Gasteiger partial charge >= 0.3 is 5.97 Å². The number of carboxylic acids is 1. The number of aryl methyl sites for hydroxylation is 1. The Labute approximate surface area is 119 Å². The summed E-state index contributed by atoms with van der Waals surface area (Å²) in [6.07, 6.45) is 1.56. The number of Topliss-reactive ketones (excluding diaryl/α,β-unsaturated/α-hetero) is 1. The van der Waals surface area contributed by atoms with Crippen LogP contribution >= 0.6 is 0 Å². The third-order valence-corrected chi connectivity index (χ3v) is 4.30. The molecule has 0 saturated carbocycles. The molecule has 1 fully saturated rings. The van der Waals surface area contributed by atoms with Gasteiger partial charge in [0.2, 0.25) is 0 Å². The smallest absolute Gasteiger partial charge is 0.307 e. The van der Waals surface area contributed by atoms with Crippen LogP contribution in [0.1, 0.15) is 34.6 Å². The van der Waals surface area contributed by atoms with E-state index in [1.54, 1.807) is 0 Å². The van der Waals surface area contributed by atoms with E-state index in [-0.39, 0.29) is 11.7 Å². The molecule has 110 valence electrons. The number of carbonyl (C=O) groups is 2. The van der Waals surface area contributed by atoms with Crippen LogP contribution in [-0.4, -0.2) is 46.0 Å². The van der Waals surface area contributed by atoms with E-state index in [0.29, 0.717) is 19.5 Å². The Morgan fingerprint density at radius 2 is 2.10 bits per heavy atom. The number of hydrogen-bond acceptors (Lipinski definition) is 3. The molecule has 1 N–H and O–H groups in total. The lowest BCUT2D eigenvalue weighted by Gasteiger charge is -2.29. The molecule has 0 aliphatic carbocycles. The van der Waals surface area contributed by atoms with Gasteiger partial charge in [-0.05, 0) is 39.3 Å². The highest BCUT2D eigenvalue weighted by Gasteiger charge is 2.27. The van der Waals surface area contributed by atoms with Crippen LogP contribution in [0.3, 0.4) is 0 Å². The fourth-order valence-corrected chi connectivity index (χ4v) is 2.83. The average Bonchev–Trinajstić information content (AvgIpc) is 2.67. The van der Waals surface area contributed by atoms with Gasteiger partial charge in [0.05, 0.1) is 12.5 Å². The summed E-state index contributed by atoms with van der Waals surface area (Å²) in [4.78, 5) is 25.4. The van der Waals surface area contributed by atoms with E-state index >= 15 is 0 Å². The van der Waals surface area contributed by atoms with E-state index in [9.17, 15) is 9.59 Å². The summed E-state index contributed by atoms with van der Waals surface area (Å²) in [5, 5.41) is 9.08. The Hall–Kier alpha value is -1.62. The second kappa shape index (κ2) is 5.79. The summed E-state index contributed by atoms with van der Waals surface area (Å²) in [5.74, 6) is -1.01. The first-order valence-electron chi connectivity index (χ1n) is 7.01. The molecule has 1 aliphatic heterocycles. The van der Waals surface area contributed by atoms with Gasteiger partial charge in [-0.3, -0.25) is 14.5 Å². The van der Waals surface area contributed by atoms with E-state index in [1.807, 2.05) is 36.4 Å². The molecular formula is C15H22N2O3. The average molecular weight is 278 g/mol. The molecule has 1 saturated heterocycles. The van der Waals surface area contributed by atoms with E-state index in [2.05, 4.69) is 0 Å². The Kier molecular flexibility index (Phi) is 4.28. The Balaban J connectivity index is 2.04. The molecule has 2 rings (SSSR count). The number of aromatic nitrogens is 1. The van der Waals surface area contributed by atoms with Crippen molar-refractivity contribution in [2.24, 2.45) is 13.0 Å². The minimum absolute atomic E-state index is 0.0808. The summed E-state index contributed by atoms with van der Waals surface area (Å²) in [6, 6.07) is 1.91. The number of hydrogen-bond donors (Lipinski definition) is 1. The molecule has 0 bridgehead atoms. The predicted octanol–water partition coefficient (Wildman–Crippen LogP) is 1.62. The number of likely N-dealkylation sites (tertiary alicyclic amines) is 1. The van der Waals surface area contributed by atoms with Gasteiger partial charge in [-0.15, -0.1) is 0 Å². The van der Waals surface area contributed by atoms with E-state index in [0.717, 1.165) is 29.9 Å². The monoisotopic (exact) mass is 278 g/mol. The molecule has 1 aromatic rings. The second-order valence-electron chi connectivity index (χ2n) is 5.68. The lowest BCUT2D eigenvalue weighted by Crippen LogP contribution is -2.41. The van der Waals surface area contributed by atoms with Crippen LogP contribution < -0.4 is 0 Å². The van der Waals surface area contributed by atoms with Crippen LogP contribution in [0, 0.1) is 19.8 Å². The Morgan fingerprint density at radius 3 is 2.65 bits per heavy atom. The summed E-state index contributed by atoms with van der Waals surface area (Å²) in [7, 11) is 1.95. The molecule has 1 aromatic heterocycles. The van der Waals surface area contributed by atoms with Crippen molar-refractivity contribution in [3.05, 3.63) is 23.0 Å². The van der Waals surface area contributed by atoms with Gasteiger partial charge in [-0.2, -0.15) is 0 Å². The lowest BCUT2D eigenvalue weighted by atomic mass is 9.98. The van der Waals surface area contributed by atoms with Gasteiger partial charge in [-0.1, -0.05) is 0 Å². The molecule has 2 heterocycles. The molecule has 0 aromatic carbocycles. The van der Waals surface area contributed by atoms with Crippen LogP contribution in [0.2, 0.25) is 0 Å². The van der Waals surface area contributed by atoms with E-state index in [4.69, 9.17) is 5.11 Å². The van der Waals surface area contributed by atoms with Gasteiger partial charge in [-0.25, -0.2) is 0 Å². The quantitative estimate of drug-likeness (QED) is 0.850. The number of piperidine rings is 1. The fourth-order valence-electron chi connectivity index (χ4n) is 2.83. The number of aliphatic carboxylic acids is 1. The van der Waals surface area contributed by atoms with Crippen LogP contribution in [-0.2, 0) is 11.8 Å². The van der Waals surface area contributed by atoms with Crippen molar-refractivity contribution in [1.82, 2.24) is 9.47 Å². The highest BCUT2D eigenvalue weighted by molar-refractivity contribution is 5.99. The Morgan fingerprint density at radius 1 is 1.40 bits per heavy atom. The first-order chi connectivity index (χ1) is 9.40. The number of carbonyl (C=O) groups excluding carboxylic acids is 1. The summed E-state index contributed by atoms with van der Waals surface area (Å²) in [6.45, 7) is 5.52. The van der Waals surface area contributed by atoms with E-state index < -0.39 is 5.97 Å². The Bertz CT molecular complexity index is 533. The molecule has 1 unspecified atom stereocenters. The van der Waals surface area contributed by atoms with Crippen LogP contribution in [0.5, 0.6) is 0 Å². The molecule has 0 spiro atoms. The van der Waals surface area contributed by atoms with Crippen molar-refractivity contribution in [1.29, 1.82) is 0 Å². The van der Waals surface area contributed by atoms with Crippen molar-refractivity contribution >= 4 is 11.8 Å². The number of carboxylic acid groups (broad SMARTS) is 1. The largest absolute Gasteiger partial charge is 0.481 e. The highest BCUT2D eigenvalue weighted by Crippen LogP contribution is 2.19. The van der Waals surface area contributed by atoms with Crippen molar-refractivity contribution in [2.75, 3.05) is 19.6 Å². The lowest BCUT2D eigenvalue weighted by molar-refractivity contribution is -0.143.